The first-order chi connectivity index (χ1) is 12.6. The van der Waals surface area contributed by atoms with Gasteiger partial charge in [0.25, 0.3) is 11.8 Å². The second-order valence-electron chi connectivity index (χ2n) is 6.13. The van der Waals surface area contributed by atoms with Crippen molar-refractivity contribution in [2.75, 3.05) is 6.73 Å². The maximum absolute atomic E-state index is 12.7. The van der Waals surface area contributed by atoms with E-state index in [4.69, 9.17) is 4.74 Å². The van der Waals surface area contributed by atoms with Crippen molar-refractivity contribution in [2.45, 2.75) is 26.6 Å². The number of benzene rings is 1. The molecule has 6 nitrogen and oxygen atoms in total. The Kier molecular flexibility index (Phi) is 4.54. The SMILES string of the molecule is Cc1cc(C(=O)OCN2C(=O)c3ccccc3C2=O)c(C)n1CC(F)(F)F. The Morgan fingerprint density at radius 1 is 1.07 bits per heavy atom. The van der Waals surface area contributed by atoms with Crippen molar-refractivity contribution in [1.82, 2.24) is 9.47 Å². The first kappa shape index (κ1) is 18.7. The lowest BCUT2D eigenvalue weighted by Crippen LogP contribution is -2.33. The Morgan fingerprint density at radius 2 is 1.63 bits per heavy atom. The smallest absolute Gasteiger partial charge is 0.406 e. The zero-order chi connectivity index (χ0) is 19.9. The highest BCUT2D eigenvalue weighted by molar-refractivity contribution is 6.21. The number of halogens is 3. The van der Waals surface area contributed by atoms with E-state index in [1.807, 2.05) is 0 Å². The summed E-state index contributed by atoms with van der Waals surface area (Å²) in [6, 6.07) is 7.47. The largest absolute Gasteiger partial charge is 0.440 e. The minimum atomic E-state index is -4.43. The van der Waals surface area contributed by atoms with Gasteiger partial charge in [-0.3, -0.25) is 9.59 Å². The van der Waals surface area contributed by atoms with Crippen LogP contribution in [0.2, 0.25) is 0 Å². The van der Waals surface area contributed by atoms with Crippen molar-refractivity contribution in [3.05, 3.63) is 58.4 Å². The zero-order valence-corrected chi connectivity index (χ0v) is 14.5. The Bertz CT molecular complexity index is 912. The first-order valence-electron chi connectivity index (χ1n) is 7.96. The number of imide groups is 1. The van der Waals surface area contributed by atoms with Gasteiger partial charge < -0.3 is 9.30 Å². The molecule has 0 bridgehead atoms. The van der Waals surface area contributed by atoms with Gasteiger partial charge in [0.1, 0.15) is 6.54 Å². The first-order valence-corrected chi connectivity index (χ1v) is 7.96. The standard InChI is InChI=1S/C18H15F3N2O4/c1-10-7-14(11(2)22(10)8-18(19,20)21)17(26)27-9-23-15(24)12-5-3-4-6-13(12)16(23)25/h3-7H,8-9H2,1-2H3. The normalized spacial score (nSPS) is 13.9. The summed E-state index contributed by atoms with van der Waals surface area (Å²) in [6.45, 7) is 0.974. The molecule has 27 heavy (non-hydrogen) atoms. The monoisotopic (exact) mass is 380 g/mol. The van der Waals surface area contributed by atoms with Gasteiger partial charge in [-0.2, -0.15) is 13.2 Å². The lowest BCUT2D eigenvalue weighted by molar-refractivity contribution is -0.141. The van der Waals surface area contributed by atoms with Crippen LogP contribution in [0.15, 0.2) is 30.3 Å². The lowest BCUT2D eigenvalue weighted by Gasteiger charge is -2.14. The van der Waals surface area contributed by atoms with Crippen molar-refractivity contribution in [3.63, 3.8) is 0 Å². The average molecular weight is 380 g/mol. The van der Waals surface area contributed by atoms with Gasteiger partial charge in [-0.25, -0.2) is 9.69 Å². The molecule has 3 rings (SSSR count). The van der Waals surface area contributed by atoms with Crippen molar-refractivity contribution in [1.29, 1.82) is 0 Å². The number of hydrogen-bond donors (Lipinski definition) is 0. The van der Waals surface area contributed by atoms with Crippen LogP contribution in [-0.2, 0) is 11.3 Å². The number of nitrogens with zero attached hydrogens (tertiary/aromatic N) is 2. The Labute approximate surface area is 152 Å². The minimum absolute atomic E-state index is 0.0478. The van der Waals surface area contributed by atoms with Gasteiger partial charge in [0.05, 0.1) is 16.7 Å². The summed E-state index contributed by atoms with van der Waals surface area (Å²) in [5.41, 5.74) is 0.715. The van der Waals surface area contributed by atoms with E-state index in [0.29, 0.717) is 0 Å². The van der Waals surface area contributed by atoms with Crippen LogP contribution in [-0.4, -0.2) is 40.2 Å². The molecule has 0 radical (unpaired) electrons. The third-order valence-electron chi connectivity index (χ3n) is 4.33. The van der Waals surface area contributed by atoms with Crippen LogP contribution in [0.25, 0.3) is 0 Å². The molecule has 0 fully saturated rings. The van der Waals surface area contributed by atoms with Crippen LogP contribution in [0.5, 0.6) is 0 Å². The topological polar surface area (TPSA) is 68.6 Å². The second kappa shape index (κ2) is 6.57. The van der Waals surface area contributed by atoms with Gasteiger partial charge in [-0.15, -0.1) is 0 Å². The fourth-order valence-electron chi connectivity index (χ4n) is 2.99. The Balaban J connectivity index is 1.73. The molecule has 2 heterocycles. The number of aromatic nitrogens is 1. The van der Waals surface area contributed by atoms with E-state index in [2.05, 4.69) is 0 Å². The highest BCUT2D eigenvalue weighted by atomic mass is 19.4. The molecule has 2 aromatic rings. The van der Waals surface area contributed by atoms with Crippen LogP contribution in [0, 0.1) is 13.8 Å². The van der Waals surface area contributed by atoms with Crippen LogP contribution in [0.4, 0.5) is 13.2 Å². The number of esters is 1. The number of carbonyl (C=O) groups is 3. The maximum atomic E-state index is 12.7. The van der Waals surface area contributed by atoms with E-state index < -0.39 is 37.2 Å². The van der Waals surface area contributed by atoms with Crippen molar-refractivity contribution in [3.8, 4) is 0 Å². The molecule has 142 valence electrons. The van der Waals surface area contributed by atoms with E-state index >= 15 is 0 Å². The molecule has 2 amide bonds. The molecule has 1 aromatic carbocycles. The molecule has 1 aromatic heterocycles. The van der Waals surface area contributed by atoms with Crippen molar-refractivity contribution >= 4 is 17.8 Å². The molecule has 1 aliphatic heterocycles. The van der Waals surface area contributed by atoms with E-state index in [-0.39, 0.29) is 28.1 Å². The van der Waals surface area contributed by atoms with Gasteiger partial charge in [0.15, 0.2) is 6.73 Å². The molecular weight excluding hydrogens is 365 g/mol. The summed E-state index contributed by atoms with van der Waals surface area (Å²) < 4.78 is 44.0. The number of aryl methyl sites for hydroxylation is 1. The van der Waals surface area contributed by atoms with E-state index in [1.54, 1.807) is 12.1 Å². The lowest BCUT2D eigenvalue weighted by atomic mass is 10.1. The molecule has 0 aliphatic carbocycles. The summed E-state index contributed by atoms with van der Waals surface area (Å²) in [4.78, 5) is 37.5. The van der Waals surface area contributed by atoms with E-state index in [0.717, 1.165) is 9.47 Å². The fraction of sp³-hybridized carbons (Fsp3) is 0.278. The summed E-state index contributed by atoms with van der Waals surface area (Å²) in [5, 5.41) is 0. The van der Waals surface area contributed by atoms with Gasteiger partial charge in [0, 0.05) is 11.4 Å². The molecule has 1 aliphatic rings. The van der Waals surface area contributed by atoms with E-state index in [1.165, 1.54) is 32.0 Å². The predicted molar refractivity (Wildman–Crippen MR) is 87.2 cm³/mol. The van der Waals surface area contributed by atoms with Crippen LogP contribution in [0.1, 0.15) is 42.5 Å². The second-order valence-corrected chi connectivity index (χ2v) is 6.13. The zero-order valence-electron chi connectivity index (χ0n) is 14.5. The Hall–Kier alpha value is -3.10. The van der Waals surface area contributed by atoms with Gasteiger partial charge in [0.2, 0.25) is 0 Å². The molecule has 0 saturated heterocycles. The summed E-state index contributed by atoms with van der Waals surface area (Å²) in [5.74, 6) is -2.09. The number of amides is 2. The van der Waals surface area contributed by atoms with Gasteiger partial charge >= 0.3 is 12.1 Å². The number of carbonyl (C=O) groups excluding carboxylic acids is 3. The summed E-state index contributed by atoms with van der Waals surface area (Å²) in [6.07, 6.45) is -4.43. The fourth-order valence-corrected chi connectivity index (χ4v) is 2.99. The number of hydrogen-bond acceptors (Lipinski definition) is 4. The maximum Gasteiger partial charge on any atom is 0.406 e. The molecule has 0 unspecified atom stereocenters. The third-order valence-corrected chi connectivity index (χ3v) is 4.33. The minimum Gasteiger partial charge on any atom is -0.440 e. The predicted octanol–water partition coefficient (Wildman–Crippen LogP) is 3.08. The number of alkyl halides is 3. The van der Waals surface area contributed by atoms with Crippen molar-refractivity contribution < 1.29 is 32.3 Å². The number of ether oxygens (including phenoxy) is 1. The molecule has 9 heteroatoms. The molecule has 0 N–H and O–H groups in total. The number of rotatable bonds is 4. The highest BCUT2D eigenvalue weighted by Crippen LogP contribution is 2.25. The third kappa shape index (κ3) is 3.44. The average Bonchev–Trinajstić information content (AvgIpc) is 3.01. The highest BCUT2D eigenvalue weighted by Gasteiger charge is 2.36. The quantitative estimate of drug-likeness (QED) is 0.604. The molecule has 0 atom stereocenters. The molecule has 0 saturated carbocycles. The Morgan fingerprint density at radius 3 is 2.15 bits per heavy atom. The number of fused-ring (bicyclic) bond motifs is 1. The van der Waals surface area contributed by atoms with Crippen molar-refractivity contribution in [2.24, 2.45) is 0 Å². The summed E-state index contributed by atoms with van der Waals surface area (Å²) in [7, 11) is 0. The van der Waals surface area contributed by atoms with Crippen LogP contribution in [0.3, 0.4) is 0 Å². The summed E-state index contributed by atoms with van der Waals surface area (Å²) >= 11 is 0. The van der Waals surface area contributed by atoms with Gasteiger partial charge in [-0.1, -0.05) is 12.1 Å². The van der Waals surface area contributed by atoms with Crippen LogP contribution < -0.4 is 0 Å². The molecule has 0 spiro atoms. The molecular formula is C18H15F3N2O4. The van der Waals surface area contributed by atoms with E-state index in [9.17, 15) is 27.6 Å². The van der Waals surface area contributed by atoms with Gasteiger partial charge in [-0.05, 0) is 32.0 Å². The van der Waals surface area contributed by atoms with Crippen LogP contribution >= 0.6 is 0 Å².